The quantitative estimate of drug-likeness (QED) is 0.903. The van der Waals surface area contributed by atoms with Crippen molar-refractivity contribution in [1.82, 2.24) is 0 Å². The van der Waals surface area contributed by atoms with Gasteiger partial charge in [-0.25, -0.2) is 0 Å². The summed E-state index contributed by atoms with van der Waals surface area (Å²) in [5, 5.41) is 0. The number of fused-ring (bicyclic) bond motifs is 1. The van der Waals surface area contributed by atoms with Gasteiger partial charge in [0.2, 0.25) is 0 Å². The van der Waals surface area contributed by atoms with Gasteiger partial charge >= 0.3 is 0 Å². The summed E-state index contributed by atoms with van der Waals surface area (Å²) in [7, 11) is 1.66. The molecule has 0 saturated heterocycles. The molecule has 2 N–H and O–H groups in total. The summed E-state index contributed by atoms with van der Waals surface area (Å²) in [4.78, 5) is 0. The molecule has 3 rings (SSSR count). The fourth-order valence-electron chi connectivity index (χ4n) is 2.50. The number of nitrogens with two attached hydrogens (primary N) is 1. The second kappa shape index (κ2) is 5.46. The maximum Gasteiger partial charge on any atom is 0.126 e. The Bertz CT molecular complexity index is 612. The predicted octanol–water partition coefficient (Wildman–Crippen LogP) is 3.98. The molecular weight excluding hydrogens is 318 g/mol. The van der Waals surface area contributed by atoms with Gasteiger partial charge in [0.25, 0.3) is 0 Å². The largest absolute Gasteiger partial charge is 0.497 e. The van der Waals surface area contributed by atoms with E-state index >= 15 is 0 Å². The molecule has 1 unspecified atom stereocenters. The molecule has 2 aromatic rings. The molecule has 0 aliphatic carbocycles. The molecule has 1 aliphatic rings. The molecule has 0 radical (unpaired) electrons. The first-order valence-corrected chi connectivity index (χ1v) is 7.32. The van der Waals surface area contributed by atoms with Gasteiger partial charge in [-0.3, -0.25) is 0 Å². The molecule has 0 saturated carbocycles. The van der Waals surface area contributed by atoms with E-state index in [0.29, 0.717) is 0 Å². The van der Waals surface area contributed by atoms with E-state index in [1.54, 1.807) is 7.11 Å². The van der Waals surface area contributed by atoms with Crippen LogP contribution in [0.3, 0.4) is 0 Å². The standard InChI is InChI=1S/C16H16BrNO2/c1-19-12-5-2-10(3-6-12)16-9-14(18)13-8-11(17)4-7-15(13)20-16/h2-8,14,16H,9,18H2,1H3/t14-,16?/m1/s1. The number of hydrogen-bond acceptors (Lipinski definition) is 3. The van der Waals surface area contributed by atoms with E-state index in [9.17, 15) is 0 Å². The number of benzene rings is 2. The van der Waals surface area contributed by atoms with Gasteiger partial charge in [-0.05, 0) is 35.9 Å². The van der Waals surface area contributed by atoms with Gasteiger partial charge < -0.3 is 15.2 Å². The average Bonchev–Trinajstić information content (AvgIpc) is 2.48. The van der Waals surface area contributed by atoms with Crippen molar-refractivity contribution in [3.8, 4) is 11.5 Å². The zero-order valence-electron chi connectivity index (χ0n) is 11.2. The van der Waals surface area contributed by atoms with Crippen LogP contribution in [0.2, 0.25) is 0 Å². The van der Waals surface area contributed by atoms with Gasteiger partial charge in [-0.2, -0.15) is 0 Å². The fraction of sp³-hybridized carbons (Fsp3) is 0.250. The summed E-state index contributed by atoms with van der Waals surface area (Å²) in [5.74, 6) is 1.71. The molecule has 2 atom stereocenters. The van der Waals surface area contributed by atoms with E-state index in [-0.39, 0.29) is 12.1 Å². The molecule has 1 heterocycles. The normalized spacial score (nSPS) is 20.9. The van der Waals surface area contributed by atoms with Crippen LogP contribution in [0.5, 0.6) is 11.5 Å². The third kappa shape index (κ3) is 2.53. The summed E-state index contributed by atoms with van der Waals surface area (Å²) < 4.78 is 12.3. The molecule has 1 aliphatic heterocycles. The molecule has 0 amide bonds. The lowest BCUT2D eigenvalue weighted by molar-refractivity contribution is 0.161. The van der Waals surface area contributed by atoms with E-state index in [0.717, 1.165) is 33.5 Å². The van der Waals surface area contributed by atoms with Crippen LogP contribution in [0.15, 0.2) is 46.9 Å². The van der Waals surface area contributed by atoms with Crippen molar-refractivity contribution in [3.63, 3.8) is 0 Å². The van der Waals surface area contributed by atoms with Crippen molar-refractivity contribution < 1.29 is 9.47 Å². The molecular formula is C16H16BrNO2. The smallest absolute Gasteiger partial charge is 0.126 e. The molecule has 0 fully saturated rings. The Kier molecular flexibility index (Phi) is 3.68. The minimum absolute atomic E-state index is 0.00965. The highest BCUT2D eigenvalue weighted by Gasteiger charge is 2.27. The molecule has 2 aromatic carbocycles. The summed E-state index contributed by atoms with van der Waals surface area (Å²) in [6, 6.07) is 13.9. The minimum Gasteiger partial charge on any atom is -0.497 e. The van der Waals surface area contributed by atoms with Crippen molar-refractivity contribution in [2.75, 3.05) is 7.11 Å². The Morgan fingerprint density at radius 3 is 2.65 bits per heavy atom. The van der Waals surface area contributed by atoms with Crippen molar-refractivity contribution in [1.29, 1.82) is 0 Å². The molecule has 0 aromatic heterocycles. The van der Waals surface area contributed by atoms with Gasteiger partial charge in [0, 0.05) is 22.5 Å². The van der Waals surface area contributed by atoms with Crippen molar-refractivity contribution in [3.05, 3.63) is 58.1 Å². The van der Waals surface area contributed by atoms with Crippen LogP contribution >= 0.6 is 15.9 Å². The van der Waals surface area contributed by atoms with Gasteiger partial charge in [-0.1, -0.05) is 28.1 Å². The first kappa shape index (κ1) is 13.5. The van der Waals surface area contributed by atoms with Gasteiger partial charge in [0.05, 0.1) is 7.11 Å². The van der Waals surface area contributed by atoms with Crippen LogP contribution < -0.4 is 15.2 Å². The Morgan fingerprint density at radius 2 is 1.95 bits per heavy atom. The van der Waals surface area contributed by atoms with E-state index in [1.807, 2.05) is 42.5 Å². The molecule has 20 heavy (non-hydrogen) atoms. The molecule has 0 spiro atoms. The van der Waals surface area contributed by atoms with Crippen LogP contribution in [-0.4, -0.2) is 7.11 Å². The second-order valence-corrected chi connectivity index (χ2v) is 5.82. The third-order valence-corrected chi connectivity index (χ3v) is 4.09. The predicted molar refractivity (Wildman–Crippen MR) is 82.1 cm³/mol. The molecule has 4 heteroatoms. The average molecular weight is 334 g/mol. The summed E-state index contributed by atoms with van der Waals surface area (Å²) >= 11 is 3.47. The second-order valence-electron chi connectivity index (χ2n) is 4.90. The highest BCUT2D eigenvalue weighted by atomic mass is 79.9. The SMILES string of the molecule is COc1ccc(C2C[C@@H](N)c3cc(Br)ccc3O2)cc1. The molecule has 0 bridgehead atoms. The zero-order chi connectivity index (χ0) is 14.1. The Balaban J connectivity index is 1.88. The summed E-state index contributed by atoms with van der Waals surface area (Å²) in [5.41, 5.74) is 8.45. The highest BCUT2D eigenvalue weighted by Crippen LogP contribution is 2.40. The van der Waals surface area contributed by atoms with Crippen LogP contribution in [0.25, 0.3) is 0 Å². The summed E-state index contributed by atoms with van der Waals surface area (Å²) in [6.07, 6.45) is 0.764. The third-order valence-electron chi connectivity index (χ3n) is 3.60. The number of methoxy groups -OCH3 is 1. The first-order valence-electron chi connectivity index (χ1n) is 6.53. The zero-order valence-corrected chi connectivity index (χ0v) is 12.8. The Morgan fingerprint density at radius 1 is 1.20 bits per heavy atom. The van der Waals surface area contributed by atoms with Crippen LogP contribution in [0.4, 0.5) is 0 Å². The fourth-order valence-corrected chi connectivity index (χ4v) is 2.88. The topological polar surface area (TPSA) is 44.5 Å². The van der Waals surface area contributed by atoms with Crippen LogP contribution in [0, 0.1) is 0 Å². The van der Waals surface area contributed by atoms with Crippen LogP contribution in [-0.2, 0) is 0 Å². The lowest BCUT2D eigenvalue weighted by atomic mass is 9.93. The van der Waals surface area contributed by atoms with Crippen LogP contribution in [0.1, 0.15) is 29.7 Å². The number of ether oxygens (including phenoxy) is 2. The van der Waals surface area contributed by atoms with Gasteiger partial charge in [-0.15, -0.1) is 0 Å². The van der Waals surface area contributed by atoms with Gasteiger partial charge in [0.1, 0.15) is 17.6 Å². The van der Waals surface area contributed by atoms with E-state index < -0.39 is 0 Å². The van der Waals surface area contributed by atoms with Crippen molar-refractivity contribution >= 4 is 15.9 Å². The minimum atomic E-state index is -0.0108. The Hall–Kier alpha value is -1.52. The van der Waals surface area contributed by atoms with Crippen molar-refractivity contribution in [2.45, 2.75) is 18.6 Å². The number of rotatable bonds is 2. The highest BCUT2D eigenvalue weighted by molar-refractivity contribution is 9.10. The molecule has 104 valence electrons. The maximum atomic E-state index is 6.27. The number of halogens is 1. The van der Waals surface area contributed by atoms with E-state index in [2.05, 4.69) is 15.9 Å². The van der Waals surface area contributed by atoms with E-state index in [4.69, 9.17) is 15.2 Å². The maximum absolute atomic E-state index is 6.27. The number of hydrogen-bond donors (Lipinski definition) is 1. The summed E-state index contributed by atoms with van der Waals surface area (Å²) in [6.45, 7) is 0. The molecule has 3 nitrogen and oxygen atoms in total. The van der Waals surface area contributed by atoms with Crippen molar-refractivity contribution in [2.24, 2.45) is 5.73 Å². The monoisotopic (exact) mass is 333 g/mol. The lowest BCUT2D eigenvalue weighted by Gasteiger charge is -2.30. The Labute approximate surface area is 126 Å². The lowest BCUT2D eigenvalue weighted by Crippen LogP contribution is -2.24. The van der Waals surface area contributed by atoms with E-state index in [1.165, 1.54) is 0 Å². The van der Waals surface area contributed by atoms with Gasteiger partial charge in [0.15, 0.2) is 0 Å². The first-order chi connectivity index (χ1) is 9.67.